The quantitative estimate of drug-likeness (QED) is 0.867. The second-order valence-corrected chi connectivity index (χ2v) is 8.66. The molecule has 2 aromatic rings. The third kappa shape index (κ3) is 4.63. The molecule has 25 heavy (non-hydrogen) atoms. The third-order valence-corrected chi connectivity index (χ3v) is 4.22. The maximum absolute atomic E-state index is 12.4. The van der Waals surface area contributed by atoms with Gasteiger partial charge < -0.3 is 9.84 Å². The molecule has 138 valence electrons. The average molecular weight is 367 g/mol. The molecule has 0 saturated carbocycles. The molecule has 0 spiro atoms. The second kappa shape index (κ2) is 6.83. The van der Waals surface area contributed by atoms with E-state index in [0.29, 0.717) is 24.4 Å². The van der Waals surface area contributed by atoms with Gasteiger partial charge in [0.25, 0.3) is 0 Å². The first kappa shape index (κ1) is 19.5. The fraction of sp³-hybridized carbons (Fsp3) is 0.611. The van der Waals surface area contributed by atoms with Crippen molar-refractivity contribution in [1.29, 1.82) is 0 Å². The zero-order chi connectivity index (χ0) is 19.0. The van der Waals surface area contributed by atoms with E-state index in [4.69, 9.17) is 21.2 Å². The first-order valence-electron chi connectivity index (χ1n) is 8.41. The predicted molar refractivity (Wildman–Crippen MR) is 99.1 cm³/mol. The standard InChI is InChI=1S/C18H27ClN4O2/c1-11-12(16(19)25-22-11)8-9-15(24)20-14-10-13(17(2,3)4)21-23(14)18(5,6)7/h10H,8-9H2,1-7H3,(H,20,24). The Hall–Kier alpha value is -1.82. The molecular formula is C18H27ClN4O2. The van der Waals surface area contributed by atoms with E-state index in [1.807, 2.05) is 17.7 Å². The van der Waals surface area contributed by atoms with Gasteiger partial charge in [0.1, 0.15) is 5.82 Å². The van der Waals surface area contributed by atoms with Crippen LogP contribution >= 0.6 is 11.6 Å². The lowest BCUT2D eigenvalue weighted by molar-refractivity contribution is -0.116. The van der Waals surface area contributed by atoms with Crippen LogP contribution < -0.4 is 5.32 Å². The predicted octanol–water partition coefficient (Wildman–Crippen LogP) is 4.46. The lowest BCUT2D eigenvalue weighted by Crippen LogP contribution is -2.27. The van der Waals surface area contributed by atoms with Crippen LogP contribution in [0.15, 0.2) is 10.6 Å². The Balaban J connectivity index is 2.16. The van der Waals surface area contributed by atoms with Crippen LogP contribution in [-0.2, 0) is 22.2 Å². The number of rotatable bonds is 4. The Morgan fingerprint density at radius 3 is 2.40 bits per heavy atom. The number of halogens is 1. The normalized spacial score (nSPS) is 12.5. The van der Waals surface area contributed by atoms with Crippen molar-refractivity contribution in [3.63, 3.8) is 0 Å². The average Bonchev–Trinajstić information content (AvgIpc) is 3.01. The van der Waals surface area contributed by atoms with Crippen molar-refractivity contribution < 1.29 is 9.32 Å². The van der Waals surface area contributed by atoms with Gasteiger partial charge in [0.05, 0.1) is 16.9 Å². The molecule has 1 N–H and O–H groups in total. The molecule has 0 unspecified atom stereocenters. The number of aromatic nitrogens is 3. The smallest absolute Gasteiger partial charge is 0.229 e. The summed E-state index contributed by atoms with van der Waals surface area (Å²) in [6.07, 6.45) is 0.776. The van der Waals surface area contributed by atoms with E-state index in [-0.39, 0.29) is 22.1 Å². The Labute approximate surface area is 153 Å². The molecule has 0 saturated heterocycles. The molecule has 2 aromatic heterocycles. The molecular weight excluding hydrogens is 340 g/mol. The first-order valence-corrected chi connectivity index (χ1v) is 8.79. The molecule has 0 aliphatic rings. The Kier molecular flexibility index (Phi) is 5.33. The molecule has 2 heterocycles. The zero-order valence-corrected chi connectivity index (χ0v) is 16.8. The number of nitrogens with zero attached hydrogens (tertiary/aromatic N) is 3. The summed E-state index contributed by atoms with van der Waals surface area (Å²) < 4.78 is 6.78. The van der Waals surface area contributed by atoms with Gasteiger partial charge >= 0.3 is 0 Å². The van der Waals surface area contributed by atoms with Crippen LogP contribution in [0, 0.1) is 6.92 Å². The molecule has 2 rings (SSSR count). The van der Waals surface area contributed by atoms with Gasteiger partial charge in [-0.1, -0.05) is 25.9 Å². The molecule has 0 atom stereocenters. The highest BCUT2D eigenvalue weighted by molar-refractivity contribution is 6.29. The summed E-state index contributed by atoms with van der Waals surface area (Å²) in [6, 6.07) is 1.95. The van der Waals surface area contributed by atoms with E-state index < -0.39 is 0 Å². The van der Waals surface area contributed by atoms with E-state index in [1.54, 1.807) is 0 Å². The Morgan fingerprint density at radius 1 is 1.28 bits per heavy atom. The molecule has 0 bridgehead atoms. The van der Waals surface area contributed by atoms with Gasteiger partial charge in [0.15, 0.2) is 0 Å². The summed E-state index contributed by atoms with van der Waals surface area (Å²) in [7, 11) is 0. The molecule has 7 heteroatoms. The molecule has 0 radical (unpaired) electrons. The summed E-state index contributed by atoms with van der Waals surface area (Å²) in [6.45, 7) is 14.3. The third-order valence-electron chi connectivity index (χ3n) is 3.92. The highest BCUT2D eigenvalue weighted by atomic mass is 35.5. The van der Waals surface area contributed by atoms with Crippen LogP contribution in [0.4, 0.5) is 5.82 Å². The van der Waals surface area contributed by atoms with E-state index >= 15 is 0 Å². The number of amides is 1. The van der Waals surface area contributed by atoms with Crippen LogP contribution in [0.3, 0.4) is 0 Å². The molecule has 6 nitrogen and oxygen atoms in total. The number of anilines is 1. The zero-order valence-electron chi connectivity index (χ0n) is 16.0. The van der Waals surface area contributed by atoms with Crippen molar-refractivity contribution in [2.75, 3.05) is 5.32 Å². The minimum atomic E-state index is -0.236. The monoisotopic (exact) mass is 366 g/mol. The van der Waals surface area contributed by atoms with Crippen LogP contribution in [0.1, 0.15) is 64.9 Å². The van der Waals surface area contributed by atoms with Crippen LogP contribution in [0.2, 0.25) is 5.22 Å². The molecule has 0 aliphatic carbocycles. The van der Waals surface area contributed by atoms with Crippen molar-refractivity contribution in [2.45, 2.75) is 72.3 Å². The van der Waals surface area contributed by atoms with Crippen molar-refractivity contribution in [1.82, 2.24) is 14.9 Å². The van der Waals surface area contributed by atoms with Gasteiger partial charge in [-0.15, -0.1) is 0 Å². The molecule has 1 amide bonds. The van der Waals surface area contributed by atoms with E-state index in [9.17, 15) is 4.79 Å². The molecule has 0 aliphatic heterocycles. The van der Waals surface area contributed by atoms with Crippen LogP contribution in [-0.4, -0.2) is 20.8 Å². The summed E-state index contributed by atoms with van der Waals surface area (Å²) in [5.74, 6) is 0.609. The Morgan fingerprint density at radius 2 is 1.92 bits per heavy atom. The van der Waals surface area contributed by atoms with E-state index in [0.717, 1.165) is 11.3 Å². The number of hydrogen-bond donors (Lipinski definition) is 1. The number of carbonyl (C=O) groups is 1. The highest BCUT2D eigenvalue weighted by Gasteiger charge is 2.25. The molecule has 0 aromatic carbocycles. The number of carbonyl (C=O) groups excluding carboxylic acids is 1. The van der Waals surface area contributed by atoms with Gasteiger partial charge in [-0.25, -0.2) is 4.68 Å². The van der Waals surface area contributed by atoms with Crippen molar-refractivity contribution in [3.8, 4) is 0 Å². The maximum atomic E-state index is 12.4. The Bertz CT molecular complexity index is 744. The summed E-state index contributed by atoms with van der Waals surface area (Å²) in [5, 5.41) is 11.7. The lowest BCUT2D eigenvalue weighted by atomic mass is 9.92. The largest absolute Gasteiger partial charge is 0.344 e. The number of hydrogen-bond acceptors (Lipinski definition) is 4. The van der Waals surface area contributed by atoms with Gasteiger partial charge in [0.2, 0.25) is 11.1 Å². The SMILES string of the molecule is Cc1noc(Cl)c1CCC(=O)Nc1cc(C(C)(C)C)nn1C(C)(C)C. The summed E-state index contributed by atoms with van der Waals surface area (Å²) in [5.41, 5.74) is 2.10. The fourth-order valence-corrected chi connectivity index (χ4v) is 2.70. The fourth-order valence-electron chi connectivity index (χ4n) is 2.43. The highest BCUT2D eigenvalue weighted by Crippen LogP contribution is 2.28. The van der Waals surface area contributed by atoms with Gasteiger partial charge in [-0.2, -0.15) is 5.10 Å². The lowest BCUT2D eigenvalue weighted by Gasteiger charge is -2.23. The van der Waals surface area contributed by atoms with Crippen molar-refractivity contribution >= 4 is 23.3 Å². The number of aryl methyl sites for hydroxylation is 1. The van der Waals surface area contributed by atoms with E-state index in [2.05, 4.69) is 52.0 Å². The van der Waals surface area contributed by atoms with Gasteiger partial charge in [-0.05, 0) is 45.7 Å². The van der Waals surface area contributed by atoms with Gasteiger partial charge in [0, 0.05) is 23.5 Å². The van der Waals surface area contributed by atoms with Gasteiger partial charge in [-0.3, -0.25) is 4.79 Å². The molecule has 0 fully saturated rings. The van der Waals surface area contributed by atoms with E-state index in [1.165, 1.54) is 0 Å². The van der Waals surface area contributed by atoms with Crippen LogP contribution in [0.5, 0.6) is 0 Å². The maximum Gasteiger partial charge on any atom is 0.229 e. The van der Waals surface area contributed by atoms with Crippen LogP contribution in [0.25, 0.3) is 0 Å². The van der Waals surface area contributed by atoms with Crippen molar-refractivity contribution in [2.24, 2.45) is 0 Å². The summed E-state index contributed by atoms with van der Waals surface area (Å²) >= 11 is 5.95. The number of nitrogens with one attached hydrogen (secondary N) is 1. The topological polar surface area (TPSA) is 73.0 Å². The minimum Gasteiger partial charge on any atom is -0.344 e. The second-order valence-electron chi connectivity index (χ2n) is 8.32. The van der Waals surface area contributed by atoms with Crippen molar-refractivity contribution in [3.05, 3.63) is 28.2 Å². The summed E-state index contributed by atoms with van der Waals surface area (Å²) in [4.78, 5) is 12.4. The minimum absolute atomic E-state index is 0.0942. The first-order chi connectivity index (χ1) is 11.4.